The van der Waals surface area contributed by atoms with Crippen LogP contribution in [0.5, 0.6) is 0 Å². The van der Waals surface area contributed by atoms with Crippen molar-refractivity contribution in [1.82, 2.24) is 0 Å². The van der Waals surface area contributed by atoms with Gasteiger partial charge < -0.3 is 4.90 Å². The van der Waals surface area contributed by atoms with E-state index in [-0.39, 0.29) is 0 Å². The van der Waals surface area contributed by atoms with E-state index in [2.05, 4.69) is 111 Å². The first kappa shape index (κ1) is 19.2. The van der Waals surface area contributed by atoms with E-state index in [9.17, 15) is 0 Å². The second-order valence-electron chi connectivity index (χ2n) is 7.37. The van der Waals surface area contributed by atoms with Crippen LogP contribution >= 0.6 is 0 Å². The second-order valence-corrected chi connectivity index (χ2v) is 7.37. The highest BCUT2D eigenvalue weighted by molar-refractivity contribution is 5.70. The molecule has 0 amide bonds. The molecule has 2 aromatic carbocycles. The molecule has 0 heterocycles. The zero-order valence-corrected chi connectivity index (χ0v) is 16.8. The summed E-state index contributed by atoms with van der Waals surface area (Å²) < 4.78 is 0. The van der Waals surface area contributed by atoms with Crippen molar-refractivity contribution in [3.8, 4) is 0 Å². The lowest BCUT2D eigenvalue weighted by Crippen LogP contribution is -2.17. The highest BCUT2D eigenvalue weighted by Crippen LogP contribution is 2.34. The minimum atomic E-state index is 0.593. The molecule has 27 heavy (non-hydrogen) atoms. The van der Waals surface area contributed by atoms with Crippen LogP contribution in [0.15, 0.2) is 90.7 Å². The maximum atomic E-state index is 2.36. The largest absolute Gasteiger partial charge is 0.311 e. The SMILES string of the molecule is CC=CCC(CC)c1ccc(N(C2=CCC(C)C=C2)c2ccccc2)cc1. The number of benzene rings is 2. The van der Waals surface area contributed by atoms with E-state index in [1.807, 2.05) is 0 Å². The van der Waals surface area contributed by atoms with Gasteiger partial charge in [-0.15, -0.1) is 0 Å². The summed E-state index contributed by atoms with van der Waals surface area (Å²) in [5.74, 6) is 1.21. The summed E-state index contributed by atoms with van der Waals surface area (Å²) in [6.45, 7) is 6.64. The van der Waals surface area contributed by atoms with Crippen LogP contribution in [-0.2, 0) is 0 Å². The molecule has 0 fully saturated rings. The van der Waals surface area contributed by atoms with Crippen LogP contribution in [0.4, 0.5) is 11.4 Å². The summed E-state index contributed by atoms with van der Waals surface area (Å²) in [5.41, 5.74) is 5.11. The van der Waals surface area contributed by atoms with Gasteiger partial charge >= 0.3 is 0 Å². The highest BCUT2D eigenvalue weighted by atomic mass is 15.1. The van der Waals surface area contributed by atoms with Crippen LogP contribution in [0.2, 0.25) is 0 Å². The Labute approximate surface area is 164 Å². The molecular formula is C26H31N. The van der Waals surface area contributed by atoms with Crippen molar-refractivity contribution in [1.29, 1.82) is 0 Å². The monoisotopic (exact) mass is 357 g/mol. The molecule has 0 aliphatic heterocycles. The lowest BCUT2D eigenvalue weighted by Gasteiger charge is -2.29. The van der Waals surface area contributed by atoms with E-state index in [1.165, 1.54) is 22.6 Å². The predicted molar refractivity (Wildman–Crippen MR) is 118 cm³/mol. The Hall–Kier alpha value is -2.54. The minimum Gasteiger partial charge on any atom is -0.311 e. The van der Waals surface area contributed by atoms with Crippen LogP contribution in [0.1, 0.15) is 51.5 Å². The predicted octanol–water partition coefficient (Wildman–Crippen LogP) is 7.76. The normalized spacial score (nSPS) is 17.7. The summed E-state index contributed by atoms with van der Waals surface area (Å²) >= 11 is 0. The second kappa shape index (κ2) is 9.41. The van der Waals surface area contributed by atoms with E-state index >= 15 is 0 Å². The quantitative estimate of drug-likeness (QED) is 0.457. The molecule has 0 saturated heterocycles. The summed E-state index contributed by atoms with van der Waals surface area (Å²) in [6, 6.07) is 19.8. The van der Waals surface area contributed by atoms with Gasteiger partial charge in [0.25, 0.3) is 0 Å². The summed E-state index contributed by atoms with van der Waals surface area (Å²) in [4.78, 5) is 2.36. The van der Waals surface area contributed by atoms with Gasteiger partial charge in [0.05, 0.1) is 0 Å². The van der Waals surface area contributed by atoms with Crippen LogP contribution in [0.3, 0.4) is 0 Å². The van der Waals surface area contributed by atoms with Gasteiger partial charge in [-0.1, -0.05) is 68.5 Å². The summed E-state index contributed by atoms with van der Waals surface area (Å²) in [7, 11) is 0. The lowest BCUT2D eigenvalue weighted by molar-refractivity contribution is 0.674. The third kappa shape index (κ3) is 4.80. The molecule has 140 valence electrons. The zero-order chi connectivity index (χ0) is 19.1. The molecule has 0 bridgehead atoms. The summed E-state index contributed by atoms with van der Waals surface area (Å²) in [5, 5.41) is 0. The fourth-order valence-corrected chi connectivity index (χ4v) is 3.64. The third-order valence-electron chi connectivity index (χ3n) is 5.34. The van der Waals surface area contributed by atoms with Gasteiger partial charge in [-0.25, -0.2) is 0 Å². The number of nitrogens with zero attached hydrogens (tertiary/aromatic N) is 1. The minimum absolute atomic E-state index is 0.593. The third-order valence-corrected chi connectivity index (χ3v) is 5.34. The van der Waals surface area contributed by atoms with E-state index in [0.717, 1.165) is 19.3 Å². The van der Waals surface area contributed by atoms with Crippen molar-refractivity contribution in [2.45, 2.75) is 46.0 Å². The van der Waals surface area contributed by atoms with Gasteiger partial charge in [0, 0.05) is 17.1 Å². The Morgan fingerprint density at radius 1 is 1.04 bits per heavy atom. The standard InChI is InChI=1S/C26H31N/c1-4-6-10-22(5-2)23-15-19-26(20-16-23)27(24-11-8-7-9-12-24)25-17-13-21(3)14-18-25/h4,6-9,11-13,15-22H,5,10,14H2,1-3H3. The molecular weight excluding hydrogens is 326 g/mol. The van der Waals surface area contributed by atoms with Crippen molar-refractivity contribution in [3.05, 3.63) is 96.2 Å². The molecule has 1 aliphatic carbocycles. The molecule has 0 saturated carbocycles. The number of hydrogen-bond donors (Lipinski definition) is 0. The van der Waals surface area contributed by atoms with Gasteiger partial charge in [0.1, 0.15) is 0 Å². The maximum Gasteiger partial charge on any atom is 0.0461 e. The molecule has 3 rings (SSSR count). The van der Waals surface area contributed by atoms with Crippen molar-refractivity contribution >= 4 is 11.4 Å². The Morgan fingerprint density at radius 3 is 2.33 bits per heavy atom. The summed E-state index contributed by atoms with van der Waals surface area (Å²) in [6.07, 6.45) is 14.7. The van der Waals surface area contributed by atoms with E-state index < -0.39 is 0 Å². The first-order valence-electron chi connectivity index (χ1n) is 10.2. The fraction of sp³-hybridized carbons (Fsp3) is 0.308. The number of rotatable bonds is 7. The van der Waals surface area contributed by atoms with Gasteiger partial charge in [-0.2, -0.15) is 0 Å². The Morgan fingerprint density at radius 2 is 1.74 bits per heavy atom. The number of hydrogen-bond acceptors (Lipinski definition) is 1. The van der Waals surface area contributed by atoms with E-state index in [4.69, 9.17) is 0 Å². The molecule has 0 spiro atoms. The molecule has 1 aliphatic rings. The Bertz CT molecular complexity index is 796. The van der Waals surface area contributed by atoms with Crippen molar-refractivity contribution in [2.75, 3.05) is 4.90 Å². The molecule has 2 aromatic rings. The number of para-hydroxylation sites is 1. The molecule has 2 unspecified atom stereocenters. The Balaban J connectivity index is 1.92. The molecule has 1 nitrogen and oxygen atoms in total. The van der Waals surface area contributed by atoms with Crippen LogP contribution in [0, 0.1) is 5.92 Å². The van der Waals surface area contributed by atoms with Crippen molar-refractivity contribution in [3.63, 3.8) is 0 Å². The van der Waals surface area contributed by atoms with Crippen molar-refractivity contribution < 1.29 is 0 Å². The molecule has 0 N–H and O–H groups in total. The van der Waals surface area contributed by atoms with Crippen molar-refractivity contribution in [2.24, 2.45) is 5.92 Å². The average Bonchev–Trinajstić information content (AvgIpc) is 2.72. The van der Waals surface area contributed by atoms with Gasteiger partial charge in [0.2, 0.25) is 0 Å². The first-order chi connectivity index (χ1) is 13.2. The molecule has 0 aromatic heterocycles. The number of anilines is 2. The molecule has 2 atom stereocenters. The Kier molecular flexibility index (Phi) is 6.70. The zero-order valence-electron chi connectivity index (χ0n) is 16.8. The topological polar surface area (TPSA) is 3.24 Å². The van der Waals surface area contributed by atoms with Crippen LogP contribution < -0.4 is 4.90 Å². The highest BCUT2D eigenvalue weighted by Gasteiger charge is 2.16. The van der Waals surface area contributed by atoms with E-state index in [0.29, 0.717) is 11.8 Å². The van der Waals surface area contributed by atoms with Gasteiger partial charge in [-0.05, 0) is 73.9 Å². The first-order valence-corrected chi connectivity index (χ1v) is 10.2. The average molecular weight is 358 g/mol. The maximum absolute atomic E-state index is 2.36. The van der Waals surface area contributed by atoms with Crippen LogP contribution in [-0.4, -0.2) is 0 Å². The smallest absolute Gasteiger partial charge is 0.0461 e. The lowest BCUT2D eigenvalue weighted by atomic mass is 9.92. The number of allylic oxidation sites excluding steroid dienone is 5. The van der Waals surface area contributed by atoms with Gasteiger partial charge in [0.15, 0.2) is 0 Å². The van der Waals surface area contributed by atoms with E-state index in [1.54, 1.807) is 0 Å². The molecule has 1 heteroatoms. The fourth-order valence-electron chi connectivity index (χ4n) is 3.64. The van der Waals surface area contributed by atoms with Crippen LogP contribution in [0.25, 0.3) is 0 Å². The van der Waals surface area contributed by atoms with Gasteiger partial charge in [-0.3, -0.25) is 0 Å². The molecule has 0 radical (unpaired) electrons.